The molecule has 132 valence electrons. The molecule has 7 heteroatoms. The fourth-order valence-corrected chi connectivity index (χ4v) is 4.25. The number of ether oxygens (including phenoxy) is 1. The quantitative estimate of drug-likeness (QED) is 0.850. The fraction of sp³-hybridized carbons (Fsp3) is 0.444. The van der Waals surface area contributed by atoms with Crippen molar-refractivity contribution in [2.45, 2.75) is 38.3 Å². The van der Waals surface area contributed by atoms with Crippen molar-refractivity contribution in [2.24, 2.45) is 11.0 Å². The first kappa shape index (κ1) is 16.2. The molecular formula is C18H22N4O2S. The number of hydrogen-bond donors (Lipinski definition) is 2. The topological polar surface area (TPSA) is 67.7 Å². The summed E-state index contributed by atoms with van der Waals surface area (Å²) in [7, 11) is 1.64. The summed E-state index contributed by atoms with van der Waals surface area (Å²) in [5, 5.41) is 4.47. The highest BCUT2D eigenvalue weighted by molar-refractivity contribution is 7.07. The maximum atomic E-state index is 12.8. The molecule has 2 heterocycles. The van der Waals surface area contributed by atoms with Crippen LogP contribution in [-0.4, -0.2) is 17.4 Å². The summed E-state index contributed by atoms with van der Waals surface area (Å²) >= 11 is 1.39. The first-order valence-corrected chi connectivity index (χ1v) is 9.41. The predicted octanol–water partition coefficient (Wildman–Crippen LogP) is 1.33. The molecule has 0 atom stereocenters. The summed E-state index contributed by atoms with van der Waals surface area (Å²) in [5.41, 5.74) is 7.29. The molecule has 0 bridgehead atoms. The van der Waals surface area contributed by atoms with E-state index in [4.69, 9.17) is 4.74 Å². The van der Waals surface area contributed by atoms with E-state index in [9.17, 15) is 4.79 Å². The number of aromatic nitrogens is 1. The summed E-state index contributed by atoms with van der Waals surface area (Å²) < 4.78 is 7.44. The third kappa shape index (κ3) is 3.04. The minimum atomic E-state index is -0.290. The van der Waals surface area contributed by atoms with Crippen molar-refractivity contribution in [3.8, 4) is 5.75 Å². The third-order valence-electron chi connectivity index (χ3n) is 5.04. The van der Waals surface area contributed by atoms with Crippen LogP contribution in [0.5, 0.6) is 5.75 Å². The molecule has 1 aliphatic carbocycles. The molecule has 0 radical (unpaired) electrons. The van der Waals surface area contributed by atoms with Crippen LogP contribution in [0.2, 0.25) is 0 Å². The van der Waals surface area contributed by atoms with E-state index in [2.05, 4.69) is 22.9 Å². The van der Waals surface area contributed by atoms with E-state index in [0.717, 1.165) is 42.9 Å². The minimum Gasteiger partial charge on any atom is -0.497 e. The zero-order chi connectivity index (χ0) is 17.4. The smallest absolute Gasteiger partial charge is 0.289 e. The molecular weight excluding hydrogens is 336 g/mol. The second-order valence-electron chi connectivity index (χ2n) is 6.91. The molecule has 2 N–H and O–H groups in total. The second kappa shape index (κ2) is 6.22. The number of fused-ring (bicyclic) bond motifs is 1. The lowest BCUT2D eigenvalue weighted by Crippen LogP contribution is -2.62. The van der Waals surface area contributed by atoms with Crippen LogP contribution in [0.15, 0.2) is 34.2 Å². The normalized spacial score (nSPS) is 25.7. The number of nitrogens with zero attached hydrogens (tertiary/aromatic N) is 2. The fourth-order valence-electron chi connectivity index (χ4n) is 3.37. The first-order chi connectivity index (χ1) is 12.1. The van der Waals surface area contributed by atoms with Crippen molar-refractivity contribution in [1.29, 1.82) is 0 Å². The molecule has 0 unspecified atom stereocenters. The van der Waals surface area contributed by atoms with E-state index in [-0.39, 0.29) is 11.2 Å². The number of thiazole rings is 1. The second-order valence-corrected chi connectivity index (χ2v) is 7.92. The maximum absolute atomic E-state index is 12.8. The molecule has 4 rings (SSSR count). The maximum Gasteiger partial charge on any atom is 0.289 e. The zero-order valence-electron chi connectivity index (χ0n) is 14.4. The molecule has 1 saturated carbocycles. The van der Waals surface area contributed by atoms with Gasteiger partial charge in [0.2, 0.25) is 4.80 Å². The molecule has 1 spiro atoms. The number of rotatable bonds is 2. The molecule has 1 fully saturated rings. The van der Waals surface area contributed by atoms with Gasteiger partial charge in [-0.1, -0.05) is 30.4 Å². The van der Waals surface area contributed by atoms with Gasteiger partial charge in [0.1, 0.15) is 11.4 Å². The molecule has 2 aromatic rings. The van der Waals surface area contributed by atoms with Gasteiger partial charge >= 0.3 is 0 Å². The van der Waals surface area contributed by atoms with Gasteiger partial charge in [0, 0.05) is 0 Å². The lowest BCUT2D eigenvalue weighted by atomic mass is 9.83. The van der Waals surface area contributed by atoms with Gasteiger partial charge in [-0.3, -0.25) is 15.6 Å². The minimum absolute atomic E-state index is 0.0425. The molecule has 1 aliphatic heterocycles. The SMILES string of the molecule is COc1ccc(/C=c2\sc3n(c2=O)NC2(CCC(C)CC2)NN=3)cc1. The Bertz CT molecular complexity index is 937. The molecule has 0 amide bonds. The van der Waals surface area contributed by atoms with Crippen LogP contribution in [0.3, 0.4) is 0 Å². The molecule has 1 aromatic carbocycles. The number of methoxy groups -OCH3 is 1. The van der Waals surface area contributed by atoms with Gasteiger partial charge in [-0.25, -0.2) is 0 Å². The van der Waals surface area contributed by atoms with E-state index in [1.165, 1.54) is 11.3 Å². The van der Waals surface area contributed by atoms with E-state index in [0.29, 0.717) is 9.33 Å². The van der Waals surface area contributed by atoms with Gasteiger partial charge in [0.15, 0.2) is 0 Å². The van der Waals surface area contributed by atoms with Crippen molar-refractivity contribution in [1.82, 2.24) is 10.1 Å². The lowest BCUT2D eigenvalue weighted by Gasteiger charge is -2.41. The van der Waals surface area contributed by atoms with Crippen LogP contribution in [0.4, 0.5) is 0 Å². The van der Waals surface area contributed by atoms with E-state index < -0.39 is 0 Å². The largest absolute Gasteiger partial charge is 0.497 e. The van der Waals surface area contributed by atoms with E-state index >= 15 is 0 Å². The van der Waals surface area contributed by atoms with E-state index in [1.54, 1.807) is 11.8 Å². The van der Waals surface area contributed by atoms with Crippen LogP contribution >= 0.6 is 11.3 Å². The van der Waals surface area contributed by atoms with Crippen LogP contribution < -0.4 is 30.5 Å². The predicted molar refractivity (Wildman–Crippen MR) is 98.8 cm³/mol. The lowest BCUT2D eigenvalue weighted by molar-refractivity contribution is 0.195. The Balaban J connectivity index is 1.67. The number of hydrogen-bond acceptors (Lipinski definition) is 6. The van der Waals surface area contributed by atoms with Crippen LogP contribution in [0.25, 0.3) is 6.08 Å². The van der Waals surface area contributed by atoms with Crippen molar-refractivity contribution in [2.75, 3.05) is 12.5 Å². The Morgan fingerprint density at radius 1 is 1.32 bits per heavy atom. The summed E-state index contributed by atoms with van der Waals surface area (Å²) in [6.45, 7) is 2.27. The average molecular weight is 358 g/mol. The van der Waals surface area contributed by atoms with Gasteiger partial charge in [0.25, 0.3) is 5.56 Å². The first-order valence-electron chi connectivity index (χ1n) is 8.59. The van der Waals surface area contributed by atoms with Gasteiger partial charge in [-0.15, -0.1) is 5.10 Å². The summed E-state index contributed by atoms with van der Waals surface area (Å²) in [5.74, 6) is 1.53. The molecule has 1 aromatic heterocycles. The summed E-state index contributed by atoms with van der Waals surface area (Å²) in [6, 6.07) is 7.65. The van der Waals surface area contributed by atoms with E-state index in [1.807, 2.05) is 30.3 Å². The Morgan fingerprint density at radius 3 is 2.72 bits per heavy atom. The highest BCUT2D eigenvalue weighted by Crippen LogP contribution is 2.31. The van der Waals surface area contributed by atoms with Crippen molar-refractivity contribution in [3.05, 3.63) is 49.5 Å². The van der Waals surface area contributed by atoms with Crippen molar-refractivity contribution in [3.63, 3.8) is 0 Å². The zero-order valence-corrected chi connectivity index (χ0v) is 15.2. The average Bonchev–Trinajstić information content (AvgIpc) is 2.94. The molecule has 2 aliphatic rings. The number of benzene rings is 1. The van der Waals surface area contributed by atoms with Gasteiger partial charge in [-0.2, -0.15) is 4.68 Å². The van der Waals surface area contributed by atoms with Gasteiger partial charge < -0.3 is 4.74 Å². The molecule has 0 saturated heterocycles. The van der Waals surface area contributed by atoms with Gasteiger partial charge in [0.05, 0.1) is 11.6 Å². The van der Waals surface area contributed by atoms with Crippen molar-refractivity contribution < 1.29 is 4.74 Å². The van der Waals surface area contributed by atoms with Crippen molar-refractivity contribution >= 4 is 17.4 Å². The molecule has 6 nitrogen and oxygen atoms in total. The Morgan fingerprint density at radius 2 is 2.04 bits per heavy atom. The highest BCUT2D eigenvalue weighted by atomic mass is 32.1. The van der Waals surface area contributed by atoms with Crippen LogP contribution in [-0.2, 0) is 0 Å². The Labute approximate surface area is 149 Å². The Hall–Kier alpha value is -2.28. The summed E-state index contributed by atoms with van der Waals surface area (Å²) in [6.07, 6.45) is 6.10. The van der Waals surface area contributed by atoms with Crippen LogP contribution in [0, 0.1) is 5.92 Å². The standard InChI is InChI=1S/C18H22N4O2S/c1-12-7-9-18(10-8-12)20-19-17-22(21-18)16(23)15(25-17)11-13-3-5-14(24-2)6-4-13/h3-6,11-12,20-21H,7-10H2,1-2H3/b15-11-. The van der Waals surface area contributed by atoms with Crippen LogP contribution in [0.1, 0.15) is 38.2 Å². The molecule has 25 heavy (non-hydrogen) atoms. The number of nitrogens with one attached hydrogen (secondary N) is 2. The third-order valence-corrected chi connectivity index (χ3v) is 6.01. The Kier molecular flexibility index (Phi) is 4.03. The monoisotopic (exact) mass is 358 g/mol. The van der Waals surface area contributed by atoms with Gasteiger partial charge in [-0.05, 0) is 55.4 Å². The summed E-state index contributed by atoms with van der Waals surface area (Å²) in [4.78, 5) is 13.5. The highest BCUT2D eigenvalue weighted by Gasteiger charge is 2.36.